The number of pyridine rings is 1. The zero-order chi connectivity index (χ0) is 25.6. The first-order valence-electron chi connectivity index (χ1n) is 13.8. The van der Waals surface area contributed by atoms with Gasteiger partial charge in [-0.05, 0) is 81.1 Å². The van der Waals surface area contributed by atoms with Crippen LogP contribution in [0.4, 0.5) is 23.3 Å². The zero-order valence-corrected chi connectivity index (χ0v) is 21.8. The molecule has 8 nitrogen and oxygen atoms in total. The molecule has 0 aliphatic carbocycles. The lowest BCUT2D eigenvalue weighted by molar-refractivity contribution is 0.255. The Morgan fingerprint density at radius 1 is 0.842 bits per heavy atom. The Hall–Kier alpha value is -3.91. The van der Waals surface area contributed by atoms with Crippen LogP contribution in [0.15, 0.2) is 60.7 Å². The summed E-state index contributed by atoms with van der Waals surface area (Å²) in [5.74, 6) is 2.62. The predicted octanol–water partition coefficient (Wildman–Crippen LogP) is 5.16. The Labute approximate surface area is 223 Å². The van der Waals surface area contributed by atoms with Crippen molar-refractivity contribution in [3.05, 3.63) is 71.9 Å². The van der Waals surface area contributed by atoms with Gasteiger partial charge in [0.2, 0.25) is 11.9 Å². The van der Waals surface area contributed by atoms with Crippen molar-refractivity contribution in [3.8, 4) is 16.9 Å². The average Bonchev–Trinajstić information content (AvgIpc) is 3.34. The summed E-state index contributed by atoms with van der Waals surface area (Å²) in [6.45, 7) is 4.50. The molecule has 0 radical (unpaired) electrons. The molecule has 2 fully saturated rings. The van der Waals surface area contributed by atoms with Gasteiger partial charge in [0.25, 0.3) is 0 Å². The number of aromatic nitrogens is 4. The Kier molecular flexibility index (Phi) is 5.77. The fraction of sp³-hybridized carbons (Fsp3) is 0.367. The smallest absolute Gasteiger partial charge is 0.248 e. The highest BCUT2D eigenvalue weighted by Crippen LogP contribution is 2.46. The molecular weight excluding hydrogens is 472 g/mol. The molecule has 2 aromatic carbocycles. The van der Waals surface area contributed by atoms with E-state index in [0.717, 1.165) is 50.4 Å². The van der Waals surface area contributed by atoms with E-state index >= 15 is 0 Å². The highest BCUT2D eigenvalue weighted by molar-refractivity contribution is 5.83. The highest BCUT2D eigenvalue weighted by atomic mass is 15.4. The van der Waals surface area contributed by atoms with Crippen molar-refractivity contribution < 1.29 is 0 Å². The third kappa shape index (κ3) is 4.19. The summed E-state index contributed by atoms with van der Waals surface area (Å²) >= 11 is 0. The van der Waals surface area contributed by atoms with Crippen LogP contribution < -0.4 is 16.0 Å². The number of nitrogen functional groups attached to an aromatic ring is 1. The molecule has 0 saturated carbocycles. The second-order valence-corrected chi connectivity index (χ2v) is 10.9. The summed E-state index contributed by atoms with van der Waals surface area (Å²) in [6, 6.07) is 21.3. The highest BCUT2D eigenvalue weighted by Gasteiger charge is 2.35. The van der Waals surface area contributed by atoms with E-state index in [1.54, 1.807) is 4.68 Å². The summed E-state index contributed by atoms with van der Waals surface area (Å²) in [4.78, 5) is 14.5. The topological polar surface area (TPSA) is 88.1 Å². The number of hydrogen-bond donors (Lipinski definition) is 2. The summed E-state index contributed by atoms with van der Waals surface area (Å²) in [6.07, 6.45) is 4.71. The third-order valence-electron chi connectivity index (χ3n) is 8.49. The maximum absolute atomic E-state index is 6.40. The molecule has 6 heterocycles. The third-order valence-corrected chi connectivity index (χ3v) is 8.49. The van der Waals surface area contributed by atoms with Crippen molar-refractivity contribution in [1.82, 2.24) is 24.6 Å². The Bertz CT molecular complexity index is 1430. The molecule has 0 unspecified atom stereocenters. The number of anilines is 4. The van der Waals surface area contributed by atoms with Crippen LogP contribution in [-0.4, -0.2) is 57.9 Å². The van der Waals surface area contributed by atoms with E-state index in [-0.39, 0.29) is 0 Å². The van der Waals surface area contributed by atoms with Crippen LogP contribution in [0.5, 0.6) is 0 Å². The van der Waals surface area contributed by atoms with E-state index in [0.29, 0.717) is 29.6 Å². The molecule has 194 valence electrons. The molecule has 4 aromatic rings. The van der Waals surface area contributed by atoms with Gasteiger partial charge < -0.3 is 20.9 Å². The van der Waals surface area contributed by atoms with Crippen LogP contribution in [0.3, 0.4) is 0 Å². The van der Waals surface area contributed by atoms with Crippen LogP contribution in [-0.2, 0) is 0 Å². The Balaban J connectivity index is 1.19. The van der Waals surface area contributed by atoms with E-state index < -0.39 is 0 Å². The predicted molar refractivity (Wildman–Crippen MR) is 152 cm³/mol. The number of hydrogen-bond acceptors (Lipinski definition) is 7. The molecule has 3 N–H and O–H groups in total. The van der Waals surface area contributed by atoms with Gasteiger partial charge in [0.15, 0.2) is 5.82 Å². The second kappa shape index (κ2) is 9.44. The van der Waals surface area contributed by atoms with Gasteiger partial charge in [-0.15, -0.1) is 5.10 Å². The molecule has 4 aliphatic heterocycles. The van der Waals surface area contributed by atoms with Crippen molar-refractivity contribution in [2.75, 3.05) is 49.2 Å². The van der Waals surface area contributed by atoms with E-state index in [1.807, 2.05) is 0 Å². The number of nitrogens with two attached hydrogens (primary N) is 1. The summed E-state index contributed by atoms with van der Waals surface area (Å²) in [5, 5.41) is 8.07. The normalized spacial score (nSPS) is 18.1. The molecule has 38 heavy (non-hydrogen) atoms. The van der Waals surface area contributed by atoms with E-state index in [1.165, 1.54) is 35.2 Å². The fourth-order valence-corrected chi connectivity index (χ4v) is 6.34. The minimum atomic E-state index is 0.322. The average molecular weight is 507 g/mol. The number of nitrogens with zero attached hydrogens (tertiary/aromatic N) is 6. The minimum absolute atomic E-state index is 0.322. The molecule has 0 spiro atoms. The molecule has 2 aromatic heterocycles. The SMILES string of the molecule is CN1CCC(c2ccc(Nc3nc(N)n(-c4cc(-c5ccccc5)c5c(n4)C4CCN5CC4)n3)cc2)CC1. The van der Waals surface area contributed by atoms with Gasteiger partial charge in [-0.1, -0.05) is 42.5 Å². The van der Waals surface area contributed by atoms with Crippen molar-refractivity contribution >= 4 is 23.3 Å². The molecule has 2 bridgehead atoms. The Morgan fingerprint density at radius 3 is 2.29 bits per heavy atom. The molecule has 0 atom stereocenters. The van der Waals surface area contributed by atoms with Gasteiger partial charge in [0.05, 0.1) is 11.4 Å². The summed E-state index contributed by atoms with van der Waals surface area (Å²) < 4.78 is 1.67. The molecule has 8 heteroatoms. The number of likely N-dealkylation sites (tertiary alicyclic amines) is 1. The number of nitrogens with one attached hydrogen (secondary N) is 1. The first-order valence-corrected chi connectivity index (χ1v) is 13.8. The van der Waals surface area contributed by atoms with Crippen molar-refractivity contribution in [2.24, 2.45) is 0 Å². The van der Waals surface area contributed by atoms with Crippen molar-refractivity contribution in [3.63, 3.8) is 0 Å². The van der Waals surface area contributed by atoms with Gasteiger partial charge in [0, 0.05) is 30.3 Å². The lowest BCUT2D eigenvalue weighted by atomic mass is 9.84. The maximum Gasteiger partial charge on any atom is 0.248 e. The molecule has 4 aliphatic rings. The van der Waals surface area contributed by atoms with Crippen LogP contribution >= 0.6 is 0 Å². The molecular formula is C30H34N8. The van der Waals surface area contributed by atoms with Gasteiger partial charge in [-0.2, -0.15) is 9.67 Å². The molecule has 0 amide bonds. The van der Waals surface area contributed by atoms with Crippen LogP contribution in [0.25, 0.3) is 16.9 Å². The standard InChI is InChI=1S/C30H34N8/c1-36-15-11-21(12-16-36)20-7-9-24(10-8-20)32-30-34-29(31)38(35-30)26-19-25(22-5-3-2-4-6-22)28-27(33-26)23-13-17-37(28)18-14-23/h2-10,19,21,23H,11-18H2,1H3,(H3,31,32,34,35). The van der Waals surface area contributed by atoms with Crippen LogP contribution in [0.2, 0.25) is 0 Å². The van der Waals surface area contributed by atoms with Crippen LogP contribution in [0, 0.1) is 0 Å². The lowest BCUT2D eigenvalue weighted by Gasteiger charge is -2.42. The van der Waals surface area contributed by atoms with Gasteiger partial charge in [0.1, 0.15) is 0 Å². The summed E-state index contributed by atoms with van der Waals surface area (Å²) in [7, 11) is 2.20. The van der Waals surface area contributed by atoms with Gasteiger partial charge in [-0.25, -0.2) is 4.98 Å². The first kappa shape index (κ1) is 23.2. The lowest BCUT2D eigenvalue weighted by Crippen LogP contribution is -2.40. The minimum Gasteiger partial charge on any atom is -0.370 e. The number of piperidine rings is 2. The zero-order valence-electron chi connectivity index (χ0n) is 21.8. The van der Waals surface area contributed by atoms with Crippen molar-refractivity contribution in [2.45, 2.75) is 37.5 Å². The van der Waals surface area contributed by atoms with Gasteiger partial charge >= 0.3 is 0 Å². The molecule has 8 rings (SSSR count). The maximum atomic E-state index is 6.40. The number of benzene rings is 2. The molecule has 2 saturated heterocycles. The quantitative estimate of drug-likeness (QED) is 0.386. The van der Waals surface area contributed by atoms with Crippen LogP contribution in [0.1, 0.15) is 48.8 Å². The first-order chi connectivity index (χ1) is 18.6. The Morgan fingerprint density at radius 2 is 1.55 bits per heavy atom. The van der Waals surface area contributed by atoms with E-state index in [9.17, 15) is 0 Å². The number of rotatable bonds is 5. The van der Waals surface area contributed by atoms with E-state index in [4.69, 9.17) is 15.8 Å². The fourth-order valence-electron chi connectivity index (χ4n) is 6.34. The summed E-state index contributed by atoms with van der Waals surface area (Å²) in [5.41, 5.74) is 13.5. The largest absolute Gasteiger partial charge is 0.370 e. The number of fused-ring (bicyclic) bond motifs is 2. The monoisotopic (exact) mass is 506 g/mol. The van der Waals surface area contributed by atoms with Gasteiger partial charge in [-0.3, -0.25) is 0 Å². The second-order valence-electron chi connectivity index (χ2n) is 10.9. The van der Waals surface area contributed by atoms with Crippen molar-refractivity contribution in [1.29, 1.82) is 0 Å². The van der Waals surface area contributed by atoms with E-state index in [2.05, 4.69) is 87.8 Å².